The minimum absolute atomic E-state index is 0.315. The monoisotopic (exact) mass is 347 g/mol. The molecule has 0 unspecified atom stereocenters. The van der Waals surface area contributed by atoms with Gasteiger partial charge in [0, 0.05) is 17.0 Å². The Bertz CT molecular complexity index is 698. The number of carbonyl (C=O) groups is 2. The summed E-state index contributed by atoms with van der Waals surface area (Å²) in [7, 11) is 2.87. The highest BCUT2D eigenvalue weighted by molar-refractivity contribution is 6.30. The third-order valence-electron chi connectivity index (χ3n) is 3.50. The van der Waals surface area contributed by atoms with Gasteiger partial charge in [-0.15, -0.1) is 0 Å². The molecule has 24 heavy (non-hydrogen) atoms. The molecule has 1 atom stereocenters. The number of esters is 1. The van der Waals surface area contributed by atoms with E-state index >= 15 is 0 Å². The van der Waals surface area contributed by atoms with Crippen LogP contribution in [0.15, 0.2) is 48.5 Å². The molecule has 2 rings (SSSR count). The van der Waals surface area contributed by atoms with E-state index in [4.69, 9.17) is 21.1 Å². The van der Waals surface area contributed by atoms with Crippen molar-refractivity contribution in [1.29, 1.82) is 0 Å². The van der Waals surface area contributed by atoms with Crippen molar-refractivity contribution in [2.45, 2.75) is 12.5 Å². The number of methoxy groups -OCH3 is 2. The molecule has 2 aromatic carbocycles. The highest BCUT2D eigenvalue weighted by Gasteiger charge is 2.22. The van der Waals surface area contributed by atoms with Crippen LogP contribution in [0.2, 0.25) is 5.02 Å². The lowest BCUT2D eigenvalue weighted by atomic mass is 10.1. The van der Waals surface area contributed by atoms with Crippen molar-refractivity contribution >= 4 is 23.5 Å². The fraction of sp³-hybridized carbons (Fsp3) is 0.222. The second-order valence-corrected chi connectivity index (χ2v) is 5.54. The molecule has 0 aliphatic carbocycles. The zero-order valence-electron chi connectivity index (χ0n) is 13.4. The molecule has 1 amide bonds. The normalized spacial score (nSPS) is 11.5. The van der Waals surface area contributed by atoms with E-state index in [2.05, 4.69) is 5.32 Å². The van der Waals surface area contributed by atoms with Gasteiger partial charge in [-0.1, -0.05) is 23.7 Å². The predicted octanol–water partition coefficient (Wildman–Crippen LogP) is 2.86. The number of nitrogens with one attached hydrogen (secondary N) is 1. The van der Waals surface area contributed by atoms with E-state index in [1.165, 1.54) is 7.11 Å². The van der Waals surface area contributed by atoms with Gasteiger partial charge in [-0.3, -0.25) is 4.79 Å². The molecule has 2 aromatic rings. The average Bonchev–Trinajstić information content (AvgIpc) is 2.61. The molecule has 1 N–H and O–H groups in total. The molecule has 0 aromatic heterocycles. The minimum Gasteiger partial charge on any atom is -0.497 e. The number of benzene rings is 2. The maximum Gasteiger partial charge on any atom is 0.328 e. The lowest BCUT2D eigenvalue weighted by Crippen LogP contribution is -2.43. The predicted molar refractivity (Wildman–Crippen MR) is 91.4 cm³/mol. The maximum atomic E-state index is 12.3. The first kappa shape index (κ1) is 17.8. The van der Waals surface area contributed by atoms with Gasteiger partial charge < -0.3 is 14.8 Å². The number of hydrogen-bond donors (Lipinski definition) is 1. The second-order valence-electron chi connectivity index (χ2n) is 5.11. The van der Waals surface area contributed by atoms with Gasteiger partial charge in [0.25, 0.3) is 5.91 Å². The van der Waals surface area contributed by atoms with Crippen LogP contribution >= 0.6 is 11.6 Å². The van der Waals surface area contributed by atoms with Crippen LogP contribution in [0.5, 0.6) is 5.75 Å². The molecule has 126 valence electrons. The van der Waals surface area contributed by atoms with Gasteiger partial charge in [0.1, 0.15) is 11.8 Å². The van der Waals surface area contributed by atoms with E-state index in [9.17, 15) is 9.59 Å². The van der Waals surface area contributed by atoms with E-state index in [0.29, 0.717) is 17.0 Å². The van der Waals surface area contributed by atoms with Crippen LogP contribution in [-0.2, 0) is 16.0 Å². The quantitative estimate of drug-likeness (QED) is 0.816. The maximum absolute atomic E-state index is 12.3. The summed E-state index contributed by atoms with van der Waals surface area (Å²) in [5, 5.41) is 3.23. The van der Waals surface area contributed by atoms with Crippen LogP contribution in [0.3, 0.4) is 0 Å². The summed E-state index contributed by atoms with van der Waals surface area (Å²) in [6.07, 6.45) is 0.315. The molecule has 6 heteroatoms. The third-order valence-corrected chi connectivity index (χ3v) is 3.75. The molecule has 0 saturated heterocycles. The number of hydrogen-bond acceptors (Lipinski definition) is 4. The van der Waals surface area contributed by atoms with Crippen molar-refractivity contribution in [3.8, 4) is 5.75 Å². The molecule has 0 aliphatic rings. The minimum atomic E-state index is -0.786. The highest BCUT2D eigenvalue weighted by Crippen LogP contribution is 2.14. The number of carbonyl (C=O) groups excluding carboxylic acids is 2. The smallest absolute Gasteiger partial charge is 0.328 e. The van der Waals surface area contributed by atoms with Gasteiger partial charge in [0.05, 0.1) is 14.2 Å². The molecule has 0 saturated carbocycles. The Morgan fingerprint density at radius 2 is 1.67 bits per heavy atom. The summed E-state index contributed by atoms with van der Waals surface area (Å²) >= 11 is 5.81. The van der Waals surface area contributed by atoms with Crippen LogP contribution in [0, 0.1) is 0 Å². The fourth-order valence-electron chi connectivity index (χ4n) is 2.18. The Labute approximate surface area is 145 Å². The third kappa shape index (κ3) is 4.73. The molecule has 0 bridgehead atoms. The van der Waals surface area contributed by atoms with Crippen LogP contribution < -0.4 is 10.1 Å². The standard InChI is InChI=1S/C18H18ClNO4/c1-23-15-9-3-12(4-10-15)11-16(18(22)24-2)20-17(21)13-5-7-14(19)8-6-13/h3-10,16H,11H2,1-2H3,(H,20,21)/t16-/m1/s1. The summed E-state index contributed by atoms with van der Waals surface area (Å²) in [6, 6.07) is 12.9. The topological polar surface area (TPSA) is 64.6 Å². The molecule has 0 fully saturated rings. The van der Waals surface area contributed by atoms with Crippen molar-refractivity contribution in [2.75, 3.05) is 14.2 Å². The van der Waals surface area contributed by atoms with Crippen LogP contribution in [0.4, 0.5) is 0 Å². The number of amides is 1. The Kier molecular flexibility index (Phi) is 6.21. The first-order valence-electron chi connectivity index (χ1n) is 7.30. The Morgan fingerprint density at radius 1 is 1.04 bits per heavy atom. The van der Waals surface area contributed by atoms with E-state index in [-0.39, 0.29) is 5.91 Å². The molecule has 0 heterocycles. The molecule has 5 nitrogen and oxygen atoms in total. The van der Waals surface area contributed by atoms with Crippen molar-refractivity contribution in [2.24, 2.45) is 0 Å². The molecular weight excluding hydrogens is 330 g/mol. The summed E-state index contributed by atoms with van der Waals surface area (Å²) in [4.78, 5) is 24.3. The Hall–Kier alpha value is -2.53. The largest absolute Gasteiger partial charge is 0.497 e. The fourth-order valence-corrected chi connectivity index (χ4v) is 2.30. The van der Waals surface area contributed by atoms with E-state index in [0.717, 1.165) is 11.3 Å². The number of rotatable bonds is 6. The van der Waals surface area contributed by atoms with E-state index < -0.39 is 12.0 Å². The van der Waals surface area contributed by atoms with Gasteiger partial charge >= 0.3 is 5.97 Å². The van der Waals surface area contributed by atoms with Crippen LogP contribution in [0.1, 0.15) is 15.9 Å². The van der Waals surface area contributed by atoms with Gasteiger partial charge in [-0.2, -0.15) is 0 Å². The van der Waals surface area contributed by atoms with Gasteiger partial charge in [-0.25, -0.2) is 4.79 Å². The van der Waals surface area contributed by atoms with Gasteiger partial charge in [-0.05, 0) is 42.0 Å². The summed E-state index contributed by atoms with van der Waals surface area (Å²) < 4.78 is 9.89. The highest BCUT2D eigenvalue weighted by atomic mass is 35.5. The summed E-state index contributed by atoms with van der Waals surface area (Å²) in [5.74, 6) is -0.151. The lowest BCUT2D eigenvalue weighted by molar-refractivity contribution is -0.142. The van der Waals surface area contributed by atoms with Gasteiger partial charge in [0.2, 0.25) is 0 Å². The van der Waals surface area contributed by atoms with E-state index in [1.54, 1.807) is 43.5 Å². The van der Waals surface area contributed by atoms with Crippen molar-refractivity contribution in [3.63, 3.8) is 0 Å². The average molecular weight is 348 g/mol. The van der Waals surface area contributed by atoms with Gasteiger partial charge in [0.15, 0.2) is 0 Å². The molecule has 0 radical (unpaired) electrons. The molecular formula is C18H18ClNO4. The molecule has 0 spiro atoms. The lowest BCUT2D eigenvalue weighted by Gasteiger charge is -2.17. The number of ether oxygens (including phenoxy) is 2. The zero-order chi connectivity index (χ0) is 17.5. The van der Waals surface area contributed by atoms with Crippen molar-refractivity contribution in [3.05, 3.63) is 64.7 Å². The zero-order valence-corrected chi connectivity index (χ0v) is 14.2. The SMILES string of the molecule is COC(=O)[C@@H](Cc1ccc(OC)cc1)NC(=O)c1ccc(Cl)cc1. The Balaban J connectivity index is 2.11. The first-order chi connectivity index (χ1) is 11.5. The van der Waals surface area contributed by atoms with Crippen LogP contribution in [0.25, 0.3) is 0 Å². The molecule has 0 aliphatic heterocycles. The van der Waals surface area contributed by atoms with Crippen molar-refractivity contribution < 1.29 is 19.1 Å². The Morgan fingerprint density at radius 3 is 2.21 bits per heavy atom. The second kappa shape index (κ2) is 8.36. The number of halogens is 1. The first-order valence-corrected chi connectivity index (χ1v) is 7.68. The van der Waals surface area contributed by atoms with Crippen LogP contribution in [-0.4, -0.2) is 32.1 Å². The summed E-state index contributed by atoms with van der Waals surface area (Å²) in [5.41, 5.74) is 1.30. The van der Waals surface area contributed by atoms with E-state index in [1.807, 2.05) is 12.1 Å². The van der Waals surface area contributed by atoms with Crippen molar-refractivity contribution in [1.82, 2.24) is 5.32 Å². The summed E-state index contributed by atoms with van der Waals surface area (Å²) in [6.45, 7) is 0.